The fourth-order valence-corrected chi connectivity index (χ4v) is 4.36. The van der Waals surface area contributed by atoms with E-state index in [2.05, 4.69) is 0 Å². The van der Waals surface area contributed by atoms with Crippen LogP contribution in [0.25, 0.3) is 0 Å². The predicted molar refractivity (Wildman–Crippen MR) is 58.1 cm³/mol. The molecular formula is C8H16O6S2. The van der Waals surface area contributed by atoms with E-state index in [4.69, 9.17) is 10.2 Å². The molecule has 6 nitrogen and oxygen atoms in total. The van der Waals surface area contributed by atoms with Gasteiger partial charge in [-0.3, -0.25) is 0 Å². The highest BCUT2D eigenvalue weighted by atomic mass is 32.2. The Morgan fingerprint density at radius 2 is 1.00 bits per heavy atom. The Kier molecular flexibility index (Phi) is 4.33. The van der Waals surface area contributed by atoms with Gasteiger partial charge < -0.3 is 10.2 Å². The van der Waals surface area contributed by atoms with Crippen molar-refractivity contribution in [3.63, 3.8) is 0 Å². The number of rotatable bonds is 4. The third-order valence-electron chi connectivity index (χ3n) is 3.00. The smallest absolute Gasteiger partial charge is 0.176 e. The molecule has 0 bridgehead atoms. The first-order valence-electron chi connectivity index (χ1n) is 4.98. The molecule has 0 aromatic rings. The normalized spacial score (nSPS) is 27.9. The van der Waals surface area contributed by atoms with Crippen LogP contribution in [0, 0.1) is 0 Å². The Labute approximate surface area is 95.1 Å². The first-order valence-corrected chi connectivity index (χ1v) is 8.41. The van der Waals surface area contributed by atoms with Crippen LogP contribution in [0.5, 0.6) is 0 Å². The quantitative estimate of drug-likeness (QED) is 0.681. The summed E-state index contributed by atoms with van der Waals surface area (Å²) in [5.74, 6) is -1.79. The molecule has 1 aliphatic carbocycles. The molecule has 1 aliphatic rings. The molecule has 1 rings (SSSR count). The van der Waals surface area contributed by atoms with Crippen molar-refractivity contribution in [3.8, 4) is 0 Å². The van der Waals surface area contributed by atoms with Gasteiger partial charge in [0.25, 0.3) is 0 Å². The van der Waals surface area contributed by atoms with Crippen molar-refractivity contribution in [1.29, 1.82) is 0 Å². The second kappa shape index (κ2) is 4.99. The van der Waals surface area contributed by atoms with Gasteiger partial charge in [-0.05, 0) is 25.7 Å². The van der Waals surface area contributed by atoms with Crippen LogP contribution in [0.1, 0.15) is 25.7 Å². The number of aliphatic hydroxyl groups excluding tert-OH is 2. The molecule has 96 valence electrons. The topological polar surface area (TPSA) is 109 Å². The monoisotopic (exact) mass is 272 g/mol. The van der Waals surface area contributed by atoms with Gasteiger partial charge in [0.2, 0.25) is 0 Å². The average Bonchev–Trinajstić information content (AvgIpc) is 2.29. The van der Waals surface area contributed by atoms with Crippen LogP contribution in [0.2, 0.25) is 0 Å². The highest BCUT2D eigenvalue weighted by Gasteiger charge is 2.35. The third-order valence-corrected chi connectivity index (χ3v) is 6.69. The summed E-state index contributed by atoms with van der Waals surface area (Å²) in [5.41, 5.74) is 0. The lowest BCUT2D eigenvalue weighted by molar-refractivity contribution is 0.346. The number of hydrogen-bond donors (Lipinski definition) is 2. The molecule has 1 fully saturated rings. The molecule has 0 aliphatic heterocycles. The molecule has 0 heterocycles. The van der Waals surface area contributed by atoms with Gasteiger partial charge >= 0.3 is 0 Å². The molecule has 1 saturated carbocycles. The van der Waals surface area contributed by atoms with E-state index in [1.54, 1.807) is 0 Å². The predicted octanol–water partition coefficient (Wildman–Crippen LogP) is -0.973. The molecule has 8 heteroatoms. The molecule has 0 amide bonds. The molecule has 2 N–H and O–H groups in total. The maximum absolute atomic E-state index is 11.3. The summed E-state index contributed by atoms with van der Waals surface area (Å²) in [5, 5.41) is 16.0. The fourth-order valence-electron chi connectivity index (χ4n) is 1.96. The largest absolute Gasteiger partial charge is 0.380 e. The van der Waals surface area contributed by atoms with Crippen molar-refractivity contribution in [2.24, 2.45) is 0 Å². The number of sulfone groups is 2. The van der Waals surface area contributed by atoms with Crippen LogP contribution in [0.15, 0.2) is 0 Å². The third kappa shape index (κ3) is 2.93. The van der Waals surface area contributed by atoms with Gasteiger partial charge in [-0.1, -0.05) is 0 Å². The minimum atomic E-state index is -3.50. The van der Waals surface area contributed by atoms with Gasteiger partial charge in [-0.2, -0.15) is 0 Å². The van der Waals surface area contributed by atoms with E-state index >= 15 is 0 Å². The molecule has 0 unspecified atom stereocenters. The van der Waals surface area contributed by atoms with Crippen molar-refractivity contribution in [2.45, 2.75) is 36.2 Å². The van der Waals surface area contributed by atoms with Crippen LogP contribution in [0.3, 0.4) is 0 Å². The maximum atomic E-state index is 11.3. The average molecular weight is 272 g/mol. The molecule has 16 heavy (non-hydrogen) atoms. The van der Waals surface area contributed by atoms with Crippen molar-refractivity contribution >= 4 is 19.7 Å². The van der Waals surface area contributed by atoms with Crippen LogP contribution in [-0.2, 0) is 19.7 Å². The van der Waals surface area contributed by atoms with Crippen LogP contribution >= 0.6 is 0 Å². The Balaban J connectivity index is 2.66. The van der Waals surface area contributed by atoms with Gasteiger partial charge in [0.05, 0.1) is 10.5 Å². The highest BCUT2D eigenvalue weighted by Crippen LogP contribution is 2.28. The number of hydrogen-bond acceptors (Lipinski definition) is 6. The SMILES string of the molecule is O=S(=O)(CO)[C@H]1CC[C@H](S(=O)(=O)CO)CC1. The minimum Gasteiger partial charge on any atom is -0.380 e. The van der Waals surface area contributed by atoms with Gasteiger partial charge in [0.15, 0.2) is 19.7 Å². The standard InChI is InChI=1S/C8H16O6S2/c9-5-15(11,12)7-1-2-8(4-3-7)16(13,14)6-10/h7-10H,1-6H2/t7-,8-. The van der Waals surface area contributed by atoms with Gasteiger partial charge in [0, 0.05) is 0 Å². The van der Waals surface area contributed by atoms with Crippen molar-refractivity contribution < 1.29 is 27.0 Å². The van der Waals surface area contributed by atoms with Crippen LogP contribution in [-0.4, -0.2) is 49.4 Å². The summed E-state index contributed by atoms with van der Waals surface area (Å²) >= 11 is 0. The minimum absolute atomic E-state index is 0.229. The molecule has 0 aromatic carbocycles. The molecule has 0 spiro atoms. The summed E-state index contributed by atoms with van der Waals surface area (Å²) in [6, 6.07) is 0. The first-order chi connectivity index (χ1) is 7.33. The molecular weight excluding hydrogens is 256 g/mol. The zero-order chi connectivity index (χ0) is 12.4. The second-order valence-electron chi connectivity index (χ2n) is 3.98. The van der Waals surface area contributed by atoms with E-state index in [0.29, 0.717) is 0 Å². The summed E-state index contributed by atoms with van der Waals surface area (Å²) in [6.45, 7) is 0. The van der Waals surface area contributed by atoms with Crippen molar-refractivity contribution in [3.05, 3.63) is 0 Å². The lowest BCUT2D eigenvalue weighted by Gasteiger charge is -2.26. The second-order valence-corrected chi connectivity index (χ2v) is 8.48. The van der Waals surface area contributed by atoms with Crippen LogP contribution in [0.4, 0.5) is 0 Å². The van der Waals surface area contributed by atoms with E-state index in [0.717, 1.165) is 0 Å². The molecule has 0 atom stereocenters. The zero-order valence-corrected chi connectivity index (χ0v) is 10.4. The lowest BCUT2D eigenvalue weighted by Crippen LogP contribution is -2.35. The summed E-state index contributed by atoms with van der Waals surface area (Å²) < 4.78 is 45.3. The molecule has 0 radical (unpaired) electrons. The summed E-state index contributed by atoms with van der Waals surface area (Å²) in [4.78, 5) is 0. The Morgan fingerprint density at radius 3 is 1.19 bits per heavy atom. The highest BCUT2D eigenvalue weighted by molar-refractivity contribution is 7.92. The summed E-state index contributed by atoms with van der Waals surface area (Å²) in [7, 11) is -7.00. The van der Waals surface area contributed by atoms with E-state index in [1.807, 2.05) is 0 Å². The first kappa shape index (κ1) is 13.9. The van der Waals surface area contributed by atoms with Gasteiger partial charge in [-0.15, -0.1) is 0 Å². The van der Waals surface area contributed by atoms with E-state index < -0.39 is 42.1 Å². The van der Waals surface area contributed by atoms with Crippen LogP contribution < -0.4 is 0 Å². The summed E-state index contributed by atoms with van der Waals surface area (Å²) in [6.07, 6.45) is 0.916. The van der Waals surface area contributed by atoms with Crippen molar-refractivity contribution in [1.82, 2.24) is 0 Å². The Morgan fingerprint density at radius 1 is 0.750 bits per heavy atom. The number of aliphatic hydroxyl groups is 2. The van der Waals surface area contributed by atoms with Crippen molar-refractivity contribution in [2.75, 3.05) is 11.9 Å². The van der Waals surface area contributed by atoms with Gasteiger partial charge in [-0.25, -0.2) is 16.8 Å². The molecule has 0 saturated heterocycles. The Bertz CT molecular complexity index is 373. The Hall–Kier alpha value is -0.180. The maximum Gasteiger partial charge on any atom is 0.176 e. The fraction of sp³-hybridized carbons (Fsp3) is 1.00. The lowest BCUT2D eigenvalue weighted by atomic mass is 10.00. The zero-order valence-electron chi connectivity index (χ0n) is 8.74. The van der Waals surface area contributed by atoms with Gasteiger partial charge in [0.1, 0.15) is 11.9 Å². The van der Waals surface area contributed by atoms with E-state index in [9.17, 15) is 16.8 Å². The van der Waals surface area contributed by atoms with E-state index in [1.165, 1.54) is 0 Å². The van der Waals surface area contributed by atoms with E-state index in [-0.39, 0.29) is 25.7 Å². The molecule has 0 aromatic heterocycles.